The van der Waals surface area contributed by atoms with E-state index in [9.17, 15) is 0 Å². The molecule has 6 heteroatoms. The number of hydrogen-bond donors (Lipinski definition) is 3. The van der Waals surface area contributed by atoms with Crippen LogP contribution in [0.15, 0.2) is 30.3 Å². The first-order valence-corrected chi connectivity index (χ1v) is 6.96. The van der Waals surface area contributed by atoms with Gasteiger partial charge in [0.2, 0.25) is 0 Å². The molecule has 1 aromatic carbocycles. The second kappa shape index (κ2) is 7.44. The van der Waals surface area contributed by atoms with Gasteiger partial charge < -0.3 is 15.5 Å². The normalized spacial score (nSPS) is 10.2. The van der Waals surface area contributed by atoms with Crippen molar-refractivity contribution in [2.75, 3.05) is 17.9 Å². The highest BCUT2D eigenvalue weighted by molar-refractivity contribution is 5.47. The molecular weight excluding hydrogens is 266 g/mol. The molecule has 4 N–H and O–H groups in total. The summed E-state index contributed by atoms with van der Waals surface area (Å²) >= 11 is 0. The fourth-order valence-electron chi connectivity index (χ4n) is 1.97. The Balaban J connectivity index is 2.09. The Kier molecular flexibility index (Phi) is 5.34. The van der Waals surface area contributed by atoms with Crippen LogP contribution in [0.25, 0.3) is 0 Å². The largest absolute Gasteiger partial charge is 0.497 e. The number of nitrogens with two attached hydrogens (primary N) is 1. The topological polar surface area (TPSA) is 85.1 Å². The zero-order chi connectivity index (χ0) is 15.1. The molecule has 6 nitrogen and oxygen atoms in total. The molecule has 0 aliphatic carbocycles. The molecule has 1 heterocycles. The van der Waals surface area contributed by atoms with E-state index in [4.69, 9.17) is 10.6 Å². The summed E-state index contributed by atoms with van der Waals surface area (Å²) in [4.78, 5) is 8.80. The van der Waals surface area contributed by atoms with Crippen LogP contribution in [0.2, 0.25) is 0 Å². The standard InChI is InChI=1S/C15H21N5O/c1-3-5-13-18-14(9-15(19-13)20-16)17-10-11-6-4-7-12(8-11)21-2/h4,6-9H,3,5,10,16H2,1-2H3,(H2,17,18,19,20). The molecule has 112 valence electrons. The van der Waals surface area contributed by atoms with Crippen molar-refractivity contribution in [2.24, 2.45) is 5.84 Å². The lowest BCUT2D eigenvalue weighted by molar-refractivity contribution is 0.414. The second-order valence-corrected chi connectivity index (χ2v) is 4.65. The van der Waals surface area contributed by atoms with Crippen LogP contribution in [-0.2, 0) is 13.0 Å². The summed E-state index contributed by atoms with van der Waals surface area (Å²) in [6.45, 7) is 2.75. The van der Waals surface area contributed by atoms with Crippen molar-refractivity contribution in [1.29, 1.82) is 0 Å². The summed E-state index contributed by atoms with van der Waals surface area (Å²) in [5.74, 6) is 8.43. The number of hydrazine groups is 1. The zero-order valence-electron chi connectivity index (χ0n) is 12.4. The SMILES string of the molecule is CCCc1nc(NN)cc(NCc2cccc(OC)c2)n1. The molecule has 0 radical (unpaired) electrons. The van der Waals surface area contributed by atoms with Gasteiger partial charge in [0, 0.05) is 19.0 Å². The van der Waals surface area contributed by atoms with Gasteiger partial charge in [-0.05, 0) is 24.1 Å². The van der Waals surface area contributed by atoms with Crippen LogP contribution in [-0.4, -0.2) is 17.1 Å². The van der Waals surface area contributed by atoms with Crippen molar-refractivity contribution in [1.82, 2.24) is 9.97 Å². The summed E-state index contributed by atoms with van der Waals surface area (Å²) < 4.78 is 5.21. The van der Waals surface area contributed by atoms with E-state index < -0.39 is 0 Å². The molecular formula is C15H21N5O. The van der Waals surface area contributed by atoms with E-state index in [1.54, 1.807) is 13.2 Å². The van der Waals surface area contributed by atoms with Gasteiger partial charge in [-0.3, -0.25) is 0 Å². The average molecular weight is 287 g/mol. The second-order valence-electron chi connectivity index (χ2n) is 4.65. The molecule has 0 fully saturated rings. The van der Waals surface area contributed by atoms with E-state index in [0.717, 1.165) is 35.8 Å². The molecule has 0 saturated heterocycles. The summed E-state index contributed by atoms with van der Waals surface area (Å²) in [5, 5.41) is 3.28. The number of rotatable bonds is 7. The Morgan fingerprint density at radius 2 is 2.00 bits per heavy atom. The zero-order valence-corrected chi connectivity index (χ0v) is 12.4. The van der Waals surface area contributed by atoms with Crippen LogP contribution < -0.4 is 21.3 Å². The maximum Gasteiger partial charge on any atom is 0.145 e. The van der Waals surface area contributed by atoms with Gasteiger partial charge in [-0.1, -0.05) is 19.1 Å². The Morgan fingerprint density at radius 1 is 1.19 bits per heavy atom. The molecule has 0 bridgehead atoms. The highest BCUT2D eigenvalue weighted by Gasteiger charge is 2.04. The first-order chi connectivity index (χ1) is 10.2. The van der Waals surface area contributed by atoms with E-state index in [2.05, 4.69) is 27.6 Å². The maximum atomic E-state index is 5.44. The average Bonchev–Trinajstić information content (AvgIpc) is 2.53. The van der Waals surface area contributed by atoms with Crippen LogP contribution in [0, 0.1) is 0 Å². The van der Waals surface area contributed by atoms with Gasteiger partial charge in [-0.25, -0.2) is 15.8 Å². The first kappa shape index (κ1) is 15.1. The van der Waals surface area contributed by atoms with Crippen LogP contribution in [0.3, 0.4) is 0 Å². The van der Waals surface area contributed by atoms with E-state index in [0.29, 0.717) is 12.4 Å². The Labute approximate surface area is 124 Å². The summed E-state index contributed by atoms with van der Waals surface area (Å²) in [6, 6.07) is 9.70. The van der Waals surface area contributed by atoms with Crippen molar-refractivity contribution in [2.45, 2.75) is 26.3 Å². The Morgan fingerprint density at radius 3 is 2.71 bits per heavy atom. The monoisotopic (exact) mass is 287 g/mol. The minimum absolute atomic E-state index is 0.613. The smallest absolute Gasteiger partial charge is 0.145 e. The third-order valence-corrected chi connectivity index (χ3v) is 3.00. The molecule has 0 aliphatic heterocycles. The maximum absolute atomic E-state index is 5.44. The molecule has 0 aliphatic rings. The number of nitrogen functional groups attached to an aromatic ring is 1. The first-order valence-electron chi connectivity index (χ1n) is 6.96. The molecule has 1 aromatic heterocycles. The van der Waals surface area contributed by atoms with Crippen LogP contribution in [0.5, 0.6) is 5.75 Å². The van der Waals surface area contributed by atoms with Crippen molar-refractivity contribution in [3.63, 3.8) is 0 Å². The van der Waals surface area contributed by atoms with E-state index >= 15 is 0 Å². The molecule has 0 saturated carbocycles. The van der Waals surface area contributed by atoms with Crippen molar-refractivity contribution in [3.8, 4) is 5.75 Å². The Hall–Kier alpha value is -2.34. The molecule has 2 rings (SSSR count). The lowest BCUT2D eigenvalue weighted by atomic mass is 10.2. The summed E-state index contributed by atoms with van der Waals surface area (Å²) in [6.07, 6.45) is 1.81. The summed E-state index contributed by atoms with van der Waals surface area (Å²) in [5.41, 5.74) is 3.69. The number of methoxy groups -OCH3 is 1. The van der Waals surface area contributed by atoms with E-state index in [1.165, 1.54) is 0 Å². The fraction of sp³-hybridized carbons (Fsp3) is 0.333. The van der Waals surface area contributed by atoms with Gasteiger partial charge in [0.05, 0.1) is 7.11 Å². The lowest BCUT2D eigenvalue weighted by Crippen LogP contribution is -2.12. The van der Waals surface area contributed by atoms with E-state index in [-0.39, 0.29) is 0 Å². The van der Waals surface area contributed by atoms with E-state index in [1.807, 2.05) is 24.3 Å². The number of ether oxygens (including phenoxy) is 1. The Bertz CT molecular complexity index is 588. The van der Waals surface area contributed by atoms with Crippen LogP contribution >= 0.6 is 0 Å². The van der Waals surface area contributed by atoms with Gasteiger partial charge in [0.1, 0.15) is 23.2 Å². The predicted molar refractivity (Wildman–Crippen MR) is 84.2 cm³/mol. The number of hydrogen-bond acceptors (Lipinski definition) is 6. The van der Waals surface area contributed by atoms with Crippen LogP contribution in [0.4, 0.5) is 11.6 Å². The third kappa shape index (κ3) is 4.32. The van der Waals surface area contributed by atoms with Crippen molar-refractivity contribution < 1.29 is 4.74 Å². The number of aromatic nitrogens is 2. The molecule has 0 unspecified atom stereocenters. The molecule has 0 spiro atoms. The van der Waals surface area contributed by atoms with Gasteiger partial charge in [-0.2, -0.15) is 0 Å². The quantitative estimate of drug-likeness (QED) is 0.535. The minimum Gasteiger partial charge on any atom is -0.497 e. The van der Waals surface area contributed by atoms with Gasteiger partial charge >= 0.3 is 0 Å². The molecule has 21 heavy (non-hydrogen) atoms. The molecule has 0 atom stereocenters. The number of anilines is 2. The van der Waals surface area contributed by atoms with Gasteiger partial charge in [-0.15, -0.1) is 0 Å². The molecule has 2 aromatic rings. The minimum atomic E-state index is 0.613. The van der Waals surface area contributed by atoms with Crippen molar-refractivity contribution in [3.05, 3.63) is 41.7 Å². The number of nitrogens with one attached hydrogen (secondary N) is 2. The summed E-state index contributed by atoms with van der Waals surface area (Å²) in [7, 11) is 1.66. The highest BCUT2D eigenvalue weighted by atomic mass is 16.5. The fourth-order valence-corrected chi connectivity index (χ4v) is 1.97. The number of benzene rings is 1. The third-order valence-electron chi connectivity index (χ3n) is 3.00. The van der Waals surface area contributed by atoms with Gasteiger partial charge in [0.25, 0.3) is 0 Å². The van der Waals surface area contributed by atoms with Crippen molar-refractivity contribution >= 4 is 11.6 Å². The predicted octanol–water partition coefficient (Wildman–Crippen LogP) is 2.34. The number of nitrogens with zero attached hydrogens (tertiary/aromatic N) is 2. The molecule has 0 amide bonds. The number of aryl methyl sites for hydroxylation is 1. The van der Waals surface area contributed by atoms with Gasteiger partial charge in [0.15, 0.2) is 0 Å². The lowest BCUT2D eigenvalue weighted by Gasteiger charge is -2.10. The van der Waals surface area contributed by atoms with Crippen LogP contribution in [0.1, 0.15) is 24.7 Å². The highest BCUT2D eigenvalue weighted by Crippen LogP contribution is 2.16.